The lowest BCUT2D eigenvalue weighted by Gasteiger charge is -2.25. The van der Waals surface area contributed by atoms with Crippen LogP contribution in [0.3, 0.4) is 0 Å². The Kier molecular flexibility index (Phi) is 6.28. The minimum atomic E-state index is -0.395. The molecule has 0 aliphatic heterocycles. The van der Waals surface area contributed by atoms with Crippen LogP contribution in [0, 0.1) is 10.1 Å². The van der Waals surface area contributed by atoms with Crippen LogP contribution in [0.2, 0.25) is 0 Å². The first-order valence-corrected chi connectivity index (χ1v) is 10.2. The van der Waals surface area contributed by atoms with Gasteiger partial charge in [-0.15, -0.1) is 0 Å². The first kappa shape index (κ1) is 20.9. The molecule has 158 valence electrons. The normalized spacial score (nSPS) is 10.8. The standard InChI is InChI=1S/C27H22N2O3/c1-32-27-19-17-25(18-20-27)28(23-5-3-2-4-6-23)24-13-9-21(10-14-24)7-8-22-11-15-26(16-12-22)29(30)31/h2-20H,1H3/b8-7+. The zero-order valence-corrected chi connectivity index (χ0v) is 17.6. The second-order valence-corrected chi connectivity index (χ2v) is 7.14. The molecule has 0 N–H and O–H groups in total. The van der Waals surface area contributed by atoms with Crippen LogP contribution in [0.25, 0.3) is 12.2 Å². The fourth-order valence-corrected chi connectivity index (χ4v) is 3.39. The number of benzene rings is 4. The van der Waals surface area contributed by atoms with Gasteiger partial charge in [0, 0.05) is 29.2 Å². The maximum absolute atomic E-state index is 10.8. The molecule has 5 nitrogen and oxygen atoms in total. The average molecular weight is 422 g/mol. The van der Waals surface area contributed by atoms with Crippen molar-refractivity contribution in [2.45, 2.75) is 0 Å². The van der Waals surface area contributed by atoms with Gasteiger partial charge in [-0.3, -0.25) is 10.1 Å². The number of nitro benzene ring substituents is 1. The quantitative estimate of drug-likeness (QED) is 0.179. The molecule has 0 amide bonds. The lowest BCUT2D eigenvalue weighted by Crippen LogP contribution is -2.09. The van der Waals surface area contributed by atoms with E-state index in [0.717, 1.165) is 33.9 Å². The van der Waals surface area contributed by atoms with Crippen molar-refractivity contribution >= 4 is 34.9 Å². The van der Waals surface area contributed by atoms with E-state index in [1.165, 1.54) is 12.1 Å². The van der Waals surface area contributed by atoms with Gasteiger partial charge in [0.1, 0.15) is 5.75 Å². The summed E-state index contributed by atoms with van der Waals surface area (Å²) in [7, 11) is 1.66. The van der Waals surface area contributed by atoms with Crippen molar-refractivity contribution in [1.29, 1.82) is 0 Å². The summed E-state index contributed by atoms with van der Waals surface area (Å²) in [6.07, 6.45) is 3.93. The summed E-state index contributed by atoms with van der Waals surface area (Å²) in [6.45, 7) is 0. The molecule has 32 heavy (non-hydrogen) atoms. The van der Waals surface area contributed by atoms with Crippen molar-refractivity contribution in [3.63, 3.8) is 0 Å². The van der Waals surface area contributed by atoms with E-state index in [0.29, 0.717) is 0 Å². The maximum Gasteiger partial charge on any atom is 0.269 e. The summed E-state index contributed by atoms with van der Waals surface area (Å²) in [5.41, 5.74) is 5.16. The maximum atomic E-state index is 10.8. The number of para-hydroxylation sites is 1. The van der Waals surface area contributed by atoms with Crippen molar-refractivity contribution in [3.8, 4) is 5.75 Å². The molecule has 0 bridgehead atoms. The van der Waals surface area contributed by atoms with Crippen molar-refractivity contribution < 1.29 is 9.66 Å². The number of non-ortho nitro benzene ring substituents is 1. The van der Waals surface area contributed by atoms with Crippen LogP contribution < -0.4 is 9.64 Å². The molecule has 0 spiro atoms. The molecule has 5 heteroatoms. The number of anilines is 3. The highest BCUT2D eigenvalue weighted by molar-refractivity contribution is 5.78. The van der Waals surface area contributed by atoms with Gasteiger partial charge in [0.05, 0.1) is 12.0 Å². The topological polar surface area (TPSA) is 55.6 Å². The Balaban J connectivity index is 1.59. The monoisotopic (exact) mass is 422 g/mol. The van der Waals surface area contributed by atoms with Crippen LogP contribution in [0.4, 0.5) is 22.7 Å². The van der Waals surface area contributed by atoms with Crippen LogP contribution in [0.5, 0.6) is 5.75 Å². The Morgan fingerprint density at radius 1 is 0.688 bits per heavy atom. The number of rotatable bonds is 7. The van der Waals surface area contributed by atoms with Crippen LogP contribution in [-0.2, 0) is 0 Å². The van der Waals surface area contributed by atoms with E-state index in [9.17, 15) is 10.1 Å². The molecule has 4 aromatic rings. The molecule has 0 fully saturated rings. The van der Waals surface area contributed by atoms with Gasteiger partial charge < -0.3 is 9.64 Å². The summed E-state index contributed by atoms with van der Waals surface area (Å²) in [5.74, 6) is 0.813. The predicted octanol–water partition coefficient (Wildman–Crippen LogP) is 7.24. The van der Waals surface area contributed by atoms with Crippen molar-refractivity contribution in [2.24, 2.45) is 0 Å². The van der Waals surface area contributed by atoms with E-state index in [4.69, 9.17) is 4.74 Å². The SMILES string of the molecule is COc1ccc(N(c2ccccc2)c2ccc(/C=C/c3ccc([N+](=O)[O-])cc3)cc2)cc1. The molecule has 0 radical (unpaired) electrons. The van der Waals surface area contributed by atoms with E-state index >= 15 is 0 Å². The van der Waals surface area contributed by atoms with Crippen LogP contribution in [0.1, 0.15) is 11.1 Å². The highest BCUT2D eigenvalue weighted by Crippen LogP contribution is 2.35. The molecule has 0 aliphatic rings. The first-order chi connectivity index (χ1) is 15.6. The van der Waals surface area contributed by atoms with E-state index in [1.807, 2.05) is 54.6 Å². The summed E-state index contributed by atoms with van der Waals surface area (Å²) >= 11 is 0. The molecule has 4 rings (SSSR count). The van der Waals surface area contributed by atoms with E-state index < -0.39 is 4.92 Å². The van der Waals surface area contributed by atoms with Gasteiger partial charge in [-0.05, 0) is 71.8 Å². The molecular weight excluding hydrogens is 400 g/mol. The number of ether oxygens (including phenoxy) is 1. The average Bonchev–Trinajstić information content (AvgIpc) is 2.85. The van der Waals surface area contributed by atoms with Crippen molar-refractivity contribution in [2.75, 3.05) is 12.0 Å². The van der Waals surface area contributed by atoms with Gasteiger partial charge in [-0.1, -0.05) is 42.5 Å². The third kappa shape index (κ3) is 4.84. The molecule has 0 aliphatic carbocycles. The summed E-state index contributed by atoms with van der Waals surface area (Å²) in [5, 5.41) is 10.8. The summed E-state index contributed by atoms with van der Waals surface area (Å²) < 4.78 is 5.30. The number of nitrogens with zero attached hydrogens (tertiary/aromatic N) is 2. The minimum Gasteiger partial charge on any atom is -0.497 e. The molecule has 0 saturated carbocycles. The van der Waals surface area contributed by atoms with Crippen LogP contribution >= 0.6 is 0 Å². The molecule has 0 atom stereocenters. The first-order valence-electron chi connectivity index (χ1n) is 10.2. The van der Waals surface area contributed by atoms with Crippen molar-refractivity contribution in [3.05, 3.63) is 124 Å². The van der Waals surface area contributed by atoms with Gasteiger partial charge in [-0.2, -0.15) is 0 Å². The Bertz CT molecular complexity index is 1200. The summed E-state index contributed by atoms with van der Waals surface area (Å²) in [4.78, 5) is 12.6. The smallest absolute Gasteiger partial charge is 0.269 e. The number of methoxy groups -OCH3 is 1. The Morgan fingerprint density at radius 3 is 1.66 bits per heavy atom. The highest BCUT2D eigenvalue weighted by Gasteiger charge is 2.12. The van der Waals surface area contributed by atoms with Gasteiger partial charge in [0.15, 0.2) is 0 Å². The zero-order chi connectivity index (χ0) is 22.3. The zero-order valence-electron chi connectivity index (χ0n) is 17.6. The number of nitro groups is 1. The lowest BCUT2D eigenvalue weighted by atomic mass is 10.1. The molecule has 4 aromatic carbocycles. The predicted molar refractivity (Wildman–Crippen MR) is 130 cm³/mol. The van der Waals surface area contributed by atoms with Crippen LogP contribution in [-0.4, -0.2) is 12.0 Å². The molecule has 0 saturated heterocycles. The van der Waals surface area contributed by atoms with Gasteiger partial charge in [0.25, 0.3) is 5.69 Å². The second kappa shape index (κ2) is 9.62. The van der Waals surface area contributed by atoms with E-state index in [2.05, 4.69) is 41.3 Å². The largest absolute Gasteiger partial charge is 0.497 e. The number of hydrogen-bond donors (Lipinski definition) is 0. The van der Waals surface area contributed by atoms with Crippen LogP contribution in [0.15, 0.2) is 103 Å². The Hall–Kier alpha value is -4.38. The molecule has 0 unspecified atom stereocenters. The number of hydrogen-bond acceptors (Lipinski definition) is 4. The second-order valence-electron chi connectivity index (χ2n) is 7.14. The third-order valence-electron chi connectivity index (χ3n) is 5.07. The van der Waals surface area contributed by atoms with E-state index in [1.54, 1.807) is 19.2 Å². The fraction of sp³-hybridized carbons (Fsp3) is 0.0370. The molecule has 0 aromatic heterocycles. The van der Waals surface area contributed by atoms with Gasteiger partial charge >= 0.3 is 0 Å². The Labute approximate surface area is 187 Å². The molecular formula is C27H22N2O3. The van der Waals surface area contributed by atoms with Gasteiger partial charge in [-0.25, -0.2) is 0 Å². The Morgan fingerprint density at radius 2 is 1.16 bits per heavy atom. The molecule has 0 heterocycles. The minimum absolute atomic E-state index is 0.0889. The highest BCUT2D eigenvalue weighted by atomic mass is 16.6. The lowest BCUT2D eigenvalue weighted by molar-refractivity contribution is -0.384. The third-order valence-corrected chi connectivity index (χ3v) is 5.07. The fourth-order valence-electron chi connectivity index (χ4n) is 3.39. The van der Waals surface area contributed by atoms with Gasteiger partial charge in [0.2, 0.25) is 0 Å². The van der Waals surface area contributed by atoms with Crippen molar-refractivity contribution in [1.82, 2.24) is 0 Å². The van der Waals surface area contributed by atoms with E-state index in [-0.39, 0.29) is 5.69 Å². The summed E-state index contributed by atoms with van der Waals surface area (Å²) in [6, 6.07) is 32.9.